The van der Waals surface area contributed by atoms with Crippen molar-refractivity contribution in [3.8, 4) is 5.75 Å². The summed E-state index contributed by atoms with van der Waals surface area (Å²) >= 11 is 3.38. The summed E-state index contributed by atoms with van der Waals surface area (Å²) in [6.45, 7) is 3.12. The minimum absolute atomic E-state index is 0.00928. The summed E-state index contributed by atoms with van der Waals surface area (Å²) in [5.74, 6) is -0.0498. The average Bonchev–Trinajstić information content (AvgIpc) is 2.51. The van der Waals surface area contributed by atoms with Crippen molar-refractivity contribution < 1.29 is 19.4 Å². The molecule has 1 aromatic rings. The lowest BCUT2D eigenvalue weighted by molar-refractivity contribution is -0.153. The molecule has 0 aliphatic carbocycles. The van der Waals surface area contributed by atoms with Gasteiger partial charge < -0.3 is 14.7 Å². The van der Waals surface area contributed by atoms with Gasteiger partial charge in [-0.15, -0.1) is 0 Å². The highest BCUT2D eigenvalue weighted by Crippen LogP contribution is 2.30. The van der Waals surface area contributed by atoms with E-state index in [0.29, 0.717) is 39.0 Å². The molecule has 1 heterocycles. The van der Waals surface area contributed by atoms with E-state index in [0.717, 1.165) is 16.6 Å². The third kappa shape index (κ3) is 4.96. The Morgan fingerprint density at radius 3 is 2.91 bits per heavy atom. The fourth-order valence-electron chi connectivity index (χ4n) is 2.76. The van der Waals surface area contributed by atoms with Crippen molar-refractivity contribution in [1.29, 1.82) is 0 Å². The average molecular weight is 384 g/mol. The highest BCUT2D eigenvalue weighted by atomic mass is 79.9. The Morgan fingerprint density at radius 2 is 2.22 bits per heavy atom. The van der Waals surface area contributed by atoms with Crippen LogP contribution in [0.25, 0.3) is 0 Å². The van der Waals surface area contributed by atoms with Crippen molar-refractivity contribution in [2.45, 2.75) is 32.6 Å². The van der Waals surface area contributed by atoms with Crippen molar-refractivity contribution in [3.05, 3.63) is 28.7 Å². The number of carbonyl (C=O) groups excluding carboxylic acids is 1. The Hall–Kier alpha value is -1.56. The second-order valence-electron chi connectivity index (χ2n) is 6.19. The van der Waals surface area contributed by atoms with Crippen LogP contribution in [0.15, 0.2) is 28.7 Å². The molecular formula is C17H22BrNO4. The van der Waals surface area contributed by atoms with Gasteiger partial charge in [0.05, 0.1) is 12.0 Å². The Kier molecular flexibility index (Phi) is 6.04. The zero-order chi connectivity index (χ0) is 16.9. The molecule has 1 unspecified atom stereocenters. The predicted molar refractivity (Wildman–Crippen MR) is 90.4 cm³/mol. The monoisotopic (exact) mass is 383 g/mol. The summed E-state index contributed by atoms with van der Waals surface area (Å²) in [5.41, 5.74) is -0.819. The van der Waals surface area contributed by atoms with Crippen LogP contribution in [-0.2, 0) is 9.59 Å². The first-order chi connectivity index (χ1) is 10.9. The molecule has 1 aliphatic rings. The number of piperidine rings is 1. The predicted octanol–water partition coefficient (Wildman–Crippen LogP) is 3.32. The van der Waals surface area contributed by atoms with Gasteiger partial charge in [0, 0.05) is 24.0 Å². The van der Waals surface area contributed by atoms with Gasteiger partial charge in [0.15, 0.2) is 0 Å². The topological polar surface area (TPSA) is 66.8 Å². The van der Waals surface area contributed by atoms with Crippen LogP contribution in [0.2, 0.25) is 0 Å². The molecule has 1 fully saturated rings. The second kappa shape index (κ2) is 7.81. The number of benzene rings is 1. The van der Waals surface area contributed by atoms with Crippen LogP contribution in [0.1, 0.15) is 32.6 Å². The van der Waals surface area contributed by atoms with E-state index in [2.05, 4.69) is 15.9 Å². The molecule has 23 heavy (non-hydrogen) atoms. The molecule has 1 atom stereocenters. The van der Waals surface area contributed by atoms with Crippen LogP contribution in [0.3, 0.4) is 0 Å². The molecule has 1 amide bonds. The Morgan fingerprint density at radius 1 is 1.43 bits per heavy atom. The lowest BCUT2D eigenvalue weighted by atomic mass is 9.82. The Labute approximate surface area is 144 Å². The summed E-state index contributed by atoms with van der Waals surface area (Å²) < 4.78 is 6.56. The van der Waals surface area contributed by atoms with Crippen molar-refractivity contribution in [1.82, 2.24) is 4.90 Å². The van der Waals surface area contributed by atoms with Gasteiger partial charge >= 0.3 is 5.97 Å². The maximum Gasteiger partial charge on any atom is 0.311 e. The molecule has 0 saturated carbocycles. The SMILES string of the molecule is CC1(C(=O)O)CCCN(C(=O)CCCOc2cccc(Br)c2)C1. The molecule has 0 bridgehead atoms. The van der Waals surface area contributed by atoms with E-state index < -0.39 is 11.4 Å². The summed E-state index contributed by atoms with van der Waals surface area (Å²) in [6.07, 6.45) is 2.36. The third-order valence-electron chi connectivity index (χ3n) is 4.17. The van der Waals surface area contributed by atoms with Gasteiger partial charge in [0.2, 0.25) is 5.91 Å². The fraction of sp³-hybridized carbons (Fsp3) is 0.529. The van der Waals surface area contributed by atoms with Crippen LogP contribution in [0.4, 0.5) is 0 Å². The first-order valence-electron chi connectivity index (χ1n) is 7.80. The molecule has 1 saturated heterocycles. The van der Waals surface area contributed by atoms with Crippen LogP contribution >= 0.6 is 15.9 Å². The fourth-order valence-corrected chi connectivity index (χ4v) is 3.13. The summed E-state index contributed by atoms with van der Waals surface area (Å²) in [6, 6.07) is 7.57. The van der Waals surface area contributed by atoms with Crippen molar-refractivity contribution in [2.75, 3.05) is 19.7 Å². The third-order valence-corrected chi connectivity index (χ3v) is 4.66. The minimum Gasteiger partial charge on any atom is -0.494 e. The standard InChI is InChI=1S/C17H22BrNO4/c1-17(16(21)22)8-4-9-19(12-17)15(20)7-3-10-23-14-6-2-5-13(18)11-14/h2,5-6,11H,3-4,7-10,12H2,1H3,(H,21,22). The van der Waals surface area contributed by atoms with E-state index in [1.807, 2.05) is 24.3 Å². The first-order valence-corrected chi connectivity index (χ1v) is 8.59. The molecule has 0 spiro atoms. The number of ether oxygens (including phenoxy) is 1. The Bertz CT molecular complexity index is 577. The van der Waals surface area contributed by atoms with Crippen molar-refractivity contribution in [3.63, 3.8) is 0 Å². The number of rotatable bonds is 6. The number of nitrogens with zero attached hydrogens (tertiary/aromatic N) is 1. The number of carboxylic acid groups (broad SMARTS) is 1. The highest BCUT2D eigenvalue weighted by Gasteiger charge is 2.39. The molecule has 1 aromatic carbocycles. The van der Waals surface area contributed by atoms with Crippen LogP contribution in [0.5, 0.6) is 5.75 Å². The van der Waals surface area contributed by atoms with E-state index in [1.54, 1.807) is 11.8 Å². The largest absolute Gasteiger partial charge is 0.494 e. The lowest BCUT2D eigenvalue weighted by Crippen LogP contribution is -2.48. The number of carboxylic acids is 1. The van der Waals surface area contributed by atoms with Gasteiger partial charge in [-0.3, -0.25) is 9.59 Å². The highest BCUT2D eigenvalue weighted by molar-refractivity contribution is 9.10. The number of halogens is 1. The zero-order valence-corrected chi connectivity index (χ0v) is 14.8. The summed E-state index contributed by atoms with van der Waals surface area (Å²) in [7, 11) is 0. The molecule has 2 rings (SSSR count). The maximum atomic E-state index is 12.2. The van der Waals surface area contributed by atoms with E-state index in [1.165, 1.54) is 0 Å². The molecule has 5 nitrogen and oxygen atoms in total. The molecule has 6 heteroatoms. The van der Waals surface area contributed by atoms with E-state index in [-0.39, 0.29) is 5.91 Å². The molecule has 126 valence electrons. The van der Waals surface area contributed by atoms with Gasteiger partial charge in [-0.25, -0.2) is 0 Å². The second-order valence-corrected chi connectivity index (χ2v) is 7.11. The lowest BCUT2D eigenvalue weighted by Gasteiger charge is -2.37. The molecule has 0 aromatic heterocycles. The van der Waals surface area contributed by atoms with E-state index in [4.69, 9.17) is 4.74 Å². The minimum atomic E-state index is -0.826. The zero-order valence-electron chi connectivity index (χ0n) is 13.3. The number of likely N-dealkylation sites (tertiary alicyclic amines) is 1. The van der Waals surface area contributed by atoms with Gasteiger partial charge in [0.1, 0.15) is 5.75 Å². The van der Waals surface area contributed by atoms with E-state index in [9.17, 15) is 14.7 Å². The number of hydrogen-bond donors (Lipinski definition) is 1. The van der Waals surface area contributed by atoms with Crippen molar-refractivity contribution >= 4 is 27.8 Å². The van der Waals surface area contributed by atoms with Crippen LogP contribution < -0.4 is 4.74 Å². The van der Waals surface area contributed by atoms with Crippen LogP contribution in [0, 0.1) is 5.41 Å². The molecular weight excluding hydrogens is 362 g/mol. The van der Waals surface area contributed by atoms with Gasteiger partial charge in [0.25, 0.3) is 0 Å². The first kappa shape index (κ1) is 17.8. The maximum absolute atomic E-state index is 12.2. The van der Waals surface area contributed by atoms with Gasteiger partial charge in [-0.1, -0.05) is 22.0 Å². The Balaban J connectivity index is 1.75. The summed E-state index contributed by atoms with van der Waals surface area (Å²) in [4.78, 5) is 25.2. The number of hydrogen-bond acceptors (Lipinski definition) is 3. The van der Waals surface area contributed by atoms with Gasteiger partial charge in [-0.05, 0) is 44.4 Å². The molecule has 1 N–H and O–H groups in total. The smallest absolute Gasteiger partial charge is 0.311 e. The van der Waals surface area contributed by atoms with Crippen LogP contribution in [-0.4, -0.2) is 41.6 Å². The van der Waals surface area contributed by atoms with Crippen molar-refractivity contribution in [2.24, 2.45) is 5.41 Å². The van der Waals surface area contributed by atoms with E-state index >= 15 is 0 Å². The quantitative estimate of drug-likeness (QED) is 0.765. The normalized spacial score (nSPS) is 21.0. The number of carbonyl (C=O) groups is 2. The summed E-state index contributed by atoms with van der Waals surface area (Å²) in [5, 5.41) is 9.30. The number of aliphatic carboxylic acids is 1. The molecule has 0 radical (unpaired) electrons. The molecule has 1 aliphatic heterocycles. The number of amides is 1. The van der Waals surface area contributed by atoms with Gasteiger partial charge in [-0.2, -0.15) is 0 Å².